The fourth-order valence-corrected chi connectivity index (χ4v) is 4.49. The molecule has 0 aliphatic carbocycles. The molecule has 130 valence electrons. The van der Waals surface area contributed by atoms with Gasteiger partial charge in [-0.2, -0.15) is 5.10 Å². The molecule has 2 aromatic rings. The molecule has 0 saturated carbocycles. The van der Waals surface area contributed by atoms with Gasteiger partial charge in [-0.3, -0.25) is 14.5 Å². The predicted molar refractivity (Wildman–Crippen MR) is 89.3 cm³/mol. The Bertz CT molecular complexity index is 662. The Balaban J connectivity index is 1.40. The summed E-state index contributed by atoms with van der Waals surface area (Å²) < 4.78 is 7.27. The van der Waals surface area contributed by atoms with Gasteiger partial charge in [-0.05, 0) is 46.2 Å². The van der Waals surface area contributed by atoms with Gasteiger partial charge in [0.25, 0.3) is 0 Å². The van der Waals surface area contributed by atoms with Crippen LogP contribution in [0.1, 0.15) is 29.9 Å². The van der Waals surface area contributed by atoms with Crippen LogP contribution in [0.25, 0.3) is 0 Å². The Morgan fingerprint density at radius 1 is 1.33 bits per heavy atom. The monoisotopic (exact) mass is 330 g/mol. The van der Waals surface area contributed by atoms with Crippen LogP contribution in [0.2, 0.25) is 0 Å². The lowest BCUT2D eigenvalue weighted by Gasteiger charge is -2.37. The summed E-state index contributed by atoms with van der Waals surface area (Å²) in [5, 5.41) is 8.36. The Morgan fingerprint density at radius 2 is 2.21 bits per heavy atom. The number of likely N-dealkylation sites (N-methyl/N-ethyl adjacent to an activating group) is 1. The van der Waals surface area contributed by atoms with Gasteiger partial charge in [0.1, 0.15) is 18.4 Å². The summed E-state index contributed by atoms with van der Waals surface area (Å²) in [7, 11) is 2.27. The lowest BCUT2D eigenvalue weighted by Crippen LogP contribution is -2.45. The average molecular weight is 330 g/mol. The molecule has 2 aliphatic rings. The molecule has 0 bridgehead atoms. The van der Waals surface area contributed by atoms with E-state index in [2.05, 4.69) is 32.1 Å². The Morgan fingerprint density at radius 3 is 2.92 bits per heavy atom. The van der Waals surface area contributed by atoms with Crippen LogP contribution in [0.5, 0.6) is 0 Å². The van der Waals surface area contributed by atoms with Gasteiger partial charge in [-0.1, -0.05) is 5.16 Å². The molecular formula is C17H26N6O. The van der Waals surface area contributed by atoms with Crippen LogP contribution in [-0.4, -0.2) is 61.9 Å². The molecule has 0 spiro atoms. The highest BCUT2D eigenvalue weighted by Crippen LogP contribution is 2.35. The van der Waals surface area contributed by atoms with Crippen molar-refractivity contribution in [3.63, 3.8) is 0 Å². The zero-order valence-electron chi connectivity index (χ0n) is 14.7. The number of likely N-dealkylation sites (tertiary alicyclic amines) is 2. The van der Waals surface area contributed by atoms with Crippen LogP contribution in [0.3, 0.4) is 0 Å². The second-order valence-electron chi connectivity index (χ2n) is 7.33. The second-order valence-corrected chi connectivity index (χ2v) is 7.33. The number of rotatable bonds is 4. The van der Waals surface area contributed by atoms with Gasteiger partial charge in [0.2, 0.25) is 0 Å². The van der Waals surface area contributed by atoms with Gasteiger partial charge in [0, 0.05) is 30.7 Å². The van der Waals surface area contributed by atoms with Gasteiger partial charge in [-0.25, -0.2) is 4.98 Å². The average Bonchev–Trinajstić information content (AvgIpc) is 3.26. The van der Waals surface area contributed by atoms with Crippen molar-refractivity contribution in [2.24, 2.45) is 5.92 Å². The van der Waals surface area contributed by atoms with Crippen molar-refractivity contribution < 1.29 is 4.52 Å². The van der Waals surface area contributed by atoms with Crippen LogP contribution < -0.4 is 0 Å². The molecule has 0 N–H and O–H groups in total. The van der Waals surface area contributed by atoms with E-state index < -0.39 is 0 Å². The van der Waals surface area contributed by atoms with Gasteiger partial charge >= 0.3 is 0 Å². The van der Waals surface area contributed by atoms with Crippen molar-refractivity contribution in [2.45, 2.75) is 51.9 Å². The molecule has 7 heteroatoms. The maximum Gasteiger partial charge on any atom is 0.138 e. The number of hydrogen-bond donors (Lipinski definition) is 0. The van der Waals surface area contributed by atoms with Crippen molar-refractivity contribution in [3.05, 3.63) is 29.7 Å². The summed E-state index contributed by atoms with van der Waals surface area (Å²) in [5.74, 6) is 1.69. The molecule has 4 rings (SSSR count). The summed E-state index contributed by atoms with van der Waals surface area (Å²) in [5.41, 5.74) is 2.29. The summed E-state index contributed by atoms with van der Waals surface area (Å²) in [4.78, 5) is 9.20. The molecule has 24 heavy (non-hydrogen) atoms. The molecule has 0 amide bonds. The summed E-state index contributed by atoms with van der Waals surface area (Å²) in [6.07, 6.45) is 5.91. The van der Waals surface area contributed by atoms with E-state index in [0.717, 1.165) is 43.6 Å². The molecule has 0 radical (unpaired) electrons. The highest BCUT2D eigenvalue weighted by atomic mass is 16.5. The number of aromatic nitrogens is 4. The SMILES string of the molecule is Cc1noc(C)c1CN1CC[C@H]2[C@H](C[C@@H](Cn3cncn3)N2C)C1. The number of fused-ring (bicyclic) bond motifs is 1. The summed E-state index contributed by atoms with van der Waals surface area (Å²) in [6, 6.07) is 1.25. The Hall–Kier alpha value is -1.73. The van der Waals surface area contributed by atoms with Gasteiger partial charge in [-0.15, -0.1) is 0 Å². The van der Waals surface area contributed by atoms with Crippen LogP contribution in [0.4, 0.5) is 0 Å². The molecule has 2 fully saturated rings. The largest absolute Gasteiger partial charge is 0.361 e. The topological polar surface area (TPSA) is 63.2 Å². The fraction of sp³-hybridized carbons (Fsp3) is 0.706. The minimum Gasteiger partial charge on any atom is -0.361 e. The molecule has 2 saturated heterocycles. The van der Waals surface area contributed by atoms with E-state index >= 15 is 0 Å². The minimum atomic E-state index is 0.556. The lowest BCUT2D eigenvalue weighted by molar-refractivity contribution is 0.109. The first kappa shape index (κ1) is 15.8. The van der Waals surface area contributed by atoms with Crippen molar-refractivity contribution in [2.75, 3.05) is 20.1 Å². The highest BCUT2D eigenvalue weighted by molar-refractivity contribution is 5.20. The highest BCUT2D eigenvalue weighted by Gasteiger charge is 2.42. The zero-order chi connectivity index (χ0) is 16.7. The van der Waals surface area contributed by atoms with E-state index in [9.17, 15) is 0 Å². The van der Waals surface area contributed by atoms with Crippen LogP contribution >= 0.6 is 0 Å². The zero-order valence-corrected chi connectivity index (χ0v) is 14.7. The first-order valence-corrected chi connectivity index (χ1v) is 8.80. The quantitative estimate of drug-likeness (QED) is 0.846. The maximum absolute atomic E-state index is 5.32. The molecule has 3 atom stereocenters. The predicted octanol–water partition coefficient (Wildman–Crippen LogP) is 1.48. The molecular weight excluding hydrogens is 304 g/mol. The van der Waals surface area contributed by atoms with Crippen molar-refractivity contribution in [1.29, 1.82) is 0 Å². The van der Waals surface area contributed by atoms with Crippen molar-refractivity contribution in [1.82, 2.24) is 29.7 Å². The molecule has 2 aromatic heterocycles. The third-order valence-corrected chi connectivity index (χ3v) is 5.88. The lowest BCUT2D eigenvalue weighted by atomic mass is 9.92. The first-order valence-electron chi connectivity index (χ1n) is 8.80. The first-order chi connectivity index (χ1) is 11.6. The van der Waals surface area contributed by atoms with Crippen molar-refractivity contribution >= 4 is 0 Å². The number of piperidine rings is 1. The Labute approximate surface area is 142 Å². The van der Waals surface area contributed by atoms with Gasteiger partial charge in [0.05, 0.1) is 12.2 Å². The van der Waals surface area contributed by atoms with E-state index in [0.29, 0.717) is 12.1 Å². The molecule has 0 unspecified atom stereocenters. The third-order valence-electron chi connectivity index (χ3n) is 5.88. The van der Waals surface area contributed by atoms with Crippen LogP contribution in [0.15, 0.2) is 17.2 Å². The van der Waals surface area contributed by atoms with E-state index in [1.807, 2.05) is 24.9 Å². The summed E-state index contributed by atoms with van der Waals surface area (Å²) in [6.45, 7) is 8.25. The summed E-state index contributed by atoms with van der Waals surface area (Å²) >= 11 is 0. The molecule has 7 nitrogen and oxygen atoms in total. The van der Waals surface area contributed by atoms with E-state index in [-0.39, 0.29) is 0 Å². The maximum atomic E-state index is 5.32. The number of aryl methyl sites for hydroxylation is 2. The normalized spacial score (nSPS) is 28.4. The number of hydrogen-bond acceptors (Lipinski definition) is 6. The standard InChI is InChI=1S/C17H26N6O/c1-12-16(13(2)24-20-12)9-22-5-4-17-14(7-22)6-15(21(17)3)8-23-11-18-10-19-23/h10-11,14-15,17H,4-9H2,1-3H3/t14-,15+,17+/m1/s1. The smallest absolute Gasteiger partial charge is 0.138 e. The van der Waals surface area contributed by atoms with Crippen molar-refractivity contribution in [3.8, 4) is 0 Å². The Kier molecular flexibility index (Phi) is 4.14. The third kappa shape index (κ3) is 2.86. The molecule has 2 aliphatic heterocycles. The van der Waals surface area contributed by atoms with E-state index in [1.165, 1.54) is 18.4 Å². The fourth-order valence-electron chi connectivity index (χ4n) is 4.49. The van der Waals surface area contributed by atoms with Crippen LogP contribution in [-0.2, 0) is 13.1 Å². The molecule has 4 heterocycles. The van der Waals surface area contributed by atoms with Gasteiger partial charge in [0.15, 0.2) is 0 Å². The molecule has 0 aromatic carbocycles. The van der Waals surface area contributed by atoms with Crippen LogP contribution in [0, 0.1) is 19.8 Å². The minimum absolute atomic E-state index is 0.556. The second kappa shape index (κ2) is 6.29. The van der Waals surface area contributed by atoms with E-state index in [4.69, 9.17) is 4.52 Å². The van der Waals surface area contributed by atoms with E-state index in [1.54, 1.807) is 6.33 Å². The van der Waals surface area contributed by atoms with Gasteiger partial charge < -0.3 is 4.52 Å². The number of nitrogens with zero attached hydrogens (tertiary/aromatic N) is 6.